The molecule has 0 spiro atoms. The molecule has 0 radical (unpaired) electrons. The Balaban J connectivity index is 1.53. The fourth-order valence-electron chi connectivity index (χ4n) is 5.44. The highest BCUT2D eigenvalue weighted by Crippen LogP contribution is 2.44. The molecule has 0 aliphatic carbocycles. The number of ether oxygens (including phenoxy) is 3. The smallest absolute Gasteiger partial charge is 0.252 e. The molecule has 252 valence electrons. The van der Waals surface area contributed by atoms with Gasteiger partial charge < -0.3 is 24.6 Å². The number of nitrogens with one attached hydrogen (secondary N) is 1. The van der Waals surface area contributed by atoms with Gasteiger partial charge >= 0.3 is 0 Å². The average Bonchev–Trinajstić information content (AvgIpc) is 3.49. The molecule has 2 atom stereocenters. The number of carbonyl (C=O) groups is 1. The van der Waals surface area contributed by atoms with Gasteiger partial charge in [-0.3, -0.25) is 4.79 Å². The molecule has 4 aromatic carbocycles. The number of sulfone groups is 1. The second kappa shape index (κ2) is 15.4. The summed E-state index contributed by atoms with van der Waals surface area (Å²) in [7, 11) is -2.35. The van der Waals surface area contributed by atoms with Crippen LogP contribution in [0.2, 0.25) is 0 Å². The minimum absolute atomic E-state index is 0.00233. The highest BCUT2D eigenvalue weighted by Gasteiger charge is 2.53. The molecular weight excluding hydrogens is 642 g/mol. The number of aliphatic imine (C=N–C) groups is 1. The van der Waals surface area contributed by atoms with E-state index in [2.05, 4.69) is 5.32 Å². The molecule has 0 unspecified atom stereocenters. The van der Waals surface area contributed by atoms with Gasteiger partial charge in [-0.1, -0.05) is 30.3 Å². The lowest BCUT2D eigenvalue weighted by molar-refractivity contribution is -0.129. The molecule has 1 amide bonds. The van der Waals surface area contributed by atoms with Crippen LogP contribution in [0.25, 0.3) is 0 Å². The molecule has 4 aromatic rings. The summed E-state index contributed by atoms with van der Waals surface area (Å²) in [4.78, 5) is 19.3. The number of nitrogens with zero attached hydrogens (tertiary/aromatic N) is 1. The molecule has 48 heavy (non-hydrogen) atoms. The summed E-state index contributed by atoms with van der Waals surface area (Å²) >= 11 is 0. The van der Waals surface area contributed by atoms with Crippen molar-refractivity contribution in [3.8, 4) is 11.5 Å². The molecule has 1 aliphatic heterocycles. The van der Waals surface area contributed by atoms with Crippen molar-refractivity contribution in [1.29, 1.82) is 0 Å². The van der Waals surface area contributed by atoms with E-state index in [-0.39, 0.29) is 36.8 Å². The zero-order valence-corrected chi connectivity index (χ0v) is 27.1. The Morgan fingerprint density at radius 1 is 0.958 bits per heavy atom. The Labute approximate surface area is 278 Å². The van der Waals surface area contributed by atoms with Gasteiger partial charge in [-0.2, -0.15) is 0 Å². The molecule has 2 N–H and O–H groups in total. The highest BCUT2D eigenvalue weighted by atomic mass is 32.2. The first-order chi connectivity index (χ1) is 23.1. The van der Waals surface area contributed by atoms with E-state index in [1.165, 1.54) is 31.4 Å². The standard InChI is InChI=1S/C36H36F2N2O7S/c1-45-31-8-5-7-27(23-31)33-36(16-20-48(43,44)32-9-3-2-4-10-32,35(42)39-17-15-25-21-28(37)24-29(38)22-25)40-34(47-33)26-11-13-30(14-12-26)46-19-6-18-41/h2-5,7-14,21-24,33,41H,6,15-20H2,1H3,(H,39,42)/t33-,36-/m1/s1. The number of methoxy groups -OCH3 is 1. The second-order valence-electron chi connectivity index (χ2n) is 11.2. The van der Waals surface area contributed by atoms with E-state index in [0.29, 0.717) is 41.2 Å². The molecular formula is C36H36F2N2O7S. The van der Waals surface area contributed by atoms with Crippen LogP contribution in [0.4, 0.5) is 8.78 Å². The van der Waals surface area contributed by atoms with Crippen LogP contribution in [0.15, 0.2) is 107 Å². The second-order valence-corrected chi connectivity index (χ2v) is 13.3. The number of halogens is 2. The van der Waals surface area contributed by atoms with Crippen molar-refractivity contribution in [2.24, 2.45) is 4.99 Å². The normalized spacial score (nSPS) is 17.3. The van der Waals surface area contributed by atoms with Crippen LogP contribution in [0.1, 0.15) is 35.6 Å². The van der Waals surface area contributed by atoms with Crippen molar-refractivity contribution in [2.75, 3.05) is 32.6 Å². The van der Waals surface area contributed by atoms with Gasteiger partial charge in [0, 0.05) is 37.6 Å². The van der Waals surface area contributed by atoms with Gasteiger partial charge in [0.2, 0.25) is 5.90 Å². The first kappa shape index (κ1) is 34.5. The number of hydrogen-bond acceptors (Lipinski definition) is 8. The Kier molecular flexibility index (Phi) is 11.1. The molecule has 0 bridgehead atoms. The SMILES string of the molecule is COc1cccc([C@H]2OC(c3ccc(OCCCO)cc3)=N[C@@]2(CCS(=O)(=O)c2ccccc2)C(=O)NCCc2cc(F)cc(F)c2)c1. The Morgan fingerprint density at radius 2 is 1.69 bits per heavy atom. The van der Waals surface area contributed by atoms with Gasteiger partial charge in [0.25, 0.3) is 5.91 Å². The molecule has 5 rings (SSSR count). The zero-order valence-electron chi connectivity index (χ0n) is 26.3. The summed E-state index contributed by atoms with van der Waals surface area (Å²) in [5.41, 5.74) is -0.386. The molecule has 0 saturated heterocycles. The van der Waals surface area contributed by atoms with Crippen molar-refractivity contribution in [3.63, 3.8) is 0 Å². The van der Waals surface area contributed by atoms with Crippen molar-refractivity contribution in [2.45, 2.75) is 35.8 Å². The monoisotopic (exact) mass is 678 g/mol. The van der Waals surface area contributed by atoms with E-state index >= 15 is 0 Å². The average molecular weight is 679 g/mol. The molecule has 1 heterocycles. The maximum atomic E-state index is 14.3. The Hall–Kier alpha value is -4.81. The van der Waals surface area contributed by atoms with Crippen LogP contribution in [0.5, 0.6) is 11.5 Å². The van der Waals surface area contributed by atoms with Gasteiger partial charge in [0.15, 0.2) is 21.5 Å². The quantitative estimate of drug-likeness (QED) is 0.166. The lowest BCUT2D eigenvalue weighted by Crippen LogP contribution is -2.49. The number of amides is 1. The number of aliphatic hydroxyl groups is 1. The van der Waals surface area contributed by atoms with Gasteiger partial charge in [0.05, 0.1) is 24.4 Å². The van der Waals surface area contributed by atoms with Gasteiger partial charge in [-0.15, -0.1) is 0 Å². The predicted molar refractivity (Wildman–Crippen MR) is 176 cm³/mol. The van der Waals surface area contributed by atoms with E-state index in [1.54, 1.807) is 66.7 Å². The maximum Gasteiger partial charge on any atom is 0.252 e. The van der Waals surface area contributed by atoms with Crippen molar-refractivity contribution in [1.82, 2.24) is 5.32 Å². The maximum absolute atomic E-state index is 14.3. The van der Waals surface area contributed by atoms with Crippen LogP contribution in [-0.2, 0) is 25.8 Å². The third-order valence-electron chi connectivity index (χ3n) is 7.90. The Bertz CT molecular complexity index is 1830. The van der Waals surface area contributed by atoms with E-state index in [9.17, 15) is 22.0 Å². The molecule has 9 nitrogen and oxygen atoms in total. The number of hydrogen-bond donors (Lipinski definition) is 2. The number of aliphatic hydroxyl groups excluding tert-OH is 1. The molecule has 0 fully saturated rings. The minimum Gasteiger partial charge on any atom is -0.497 e. The zero-order chi connectivity index (χ0) is 34.1. The van der Waals surface area contributed by atoms with E-state index in [4.69, 9.17) is 24.3 Å². The van der Waals surface area contributed by atoms with Crippen molar-refractivity contribution < 1.29 is 41.3 Å². The van der Waals surface area contributed by atoms with Crippen molar-refractivity contribution in [3.05, 3.63) is 125 Å². The van der Waals surface area contributed by atoms with Gasteiger partial charge in [-0.05, 0) is 78.2 Å². The van der Waals surface area contributed by atoms with E-state index < -0.39 is 44.8 Å². The van der Waals surface area contributed by atoms with E-state index in [0.717, 1.165) is 6.07 Å². The van der Waals surface area contributed by atoms with Crippen LogP contribution in [0.3, 0.4) is 0 Å². The van der Waals surface area contributed by atoms with Crippen LogP contribution in [0, 0.1) is 11.6 Å². The van der Waals surface area contributed by atoms with Crippen LogP contribution in [-0.4, -0.2) is 63.5 Å². The lowest BCUT2D eigenvalue weighted by atomic mass is 9.85. The van der Waals surface area contributed by atoms with E-state index in [1.807, 2.05) is 0 Å². The fraction of sp³-hybridized carbons (Fsp3) is 0.278. The summed E-state index contributed by atoms with van der Waals surface area (Å²) in [6.45, 7) is 0.314. The summed E-state index contributed by atoms with van der Waals surface area (Å²) in [6.07, 6.45) is -0.742. The lowest BCUT2D eigenvalue weighted by Gasteiger charge is -2.30. The largest absolute Gasteiger partial charge is 0.497 e. The molecule has 1 aliphatic rings. The predicted octanol–water partition coefficient (Wildman–Crippen LogP) is 5.21. The Morgan fingerprint density at radius 3 is 2.38 bits per heavy atom. The topological polar surface area (TPSA) is 124 Å². The summed E-state index contributed by atoms with van der Waals surface area (Å²) in [6, 6.07) is 24.8. The molecule has 12 heteroatoms. The highest BCUT2D eigenvalue weighted by molar-refractivity contribution is 7.91. The summed E-state index contributed by atoms with van der Waals surface area (Å²) in [5.74, 6) is -1.35. The number of carbonyl (C=O) groups excluding carboxylic acids is 1. The molecule has 0 saturated carbocycles. The van der Waals surface area contributed by atoms with Crippen molar-refractivity contribution >= 4 is 21.6 Å². The summed E-state index contributed by atoms with van der Waals surface area (Å²) in [5, 5.41) is 11.9. The molecule has 0 aromatic heterocycles. The first-order valence-corrected chi connectivity index (χ1v) is 17.0. The summed E-state index contributed by atoms with van der Waals surface area (Å²) < 4.78 is 72.2. The van der Waals surface area contributed by atoms with Crippen LogP contribution < -0.4 is 14.8 Å². The first-order valence-electron chi connectivity index (χ1n) is 15.4. The minimum atomic E-state index is -3.86. The third kappa shape index (κ3) is 8.18. The number of benzene rings is 4. The van der Waals surface area contributed by atoms with Gasteiger partial charge in [0.1, 0.15) is 23.1 Å². The number of rotatable bonds is 15. The van der Waals surface area contributed by atoms with Crippen LogP contribution >= 0.6 is 0 Å². The fourth-order valence-corrected chi connectivity index (χ4v) is 6.83. The van der Waals surface area contributed by atoms with Gasteiger partial charge in [-0.25, -0.2) is 22.2 Å². The third-order valence-corrected chi connectivity index (χ3v) is 9.63.